The third kappa shape index (κ3) is 2.45. The van der Waals surface area contributed by atoms with Gasteiger partial charge in [0.1, 0.15) is 0 Å². The molecule has 0 aromatic heterocycles. The molecule has 0 atom stereocenters. The Bertz CT molecular complexity index is 345. The summed E-state index contributed by atoms with van der Waals surface area (Å²) >= 11 is 0. The Hall–Kier alpha value is -0.860. The normalized spacial score (nSPS) is 19.7. The monoisotopic (exact) mass is 220 g/mol. The first-order valence-electron chi connectivity index (χ1n) is 5.96. The summed E-state index contributed by atoms with van der Waals surface area (Å²) in [6.45, 7) is 5.60. The highest BCUT2D eigenvalue weighted by Crippen LogP contribution is 2.27. The highest BCUT2D eigenvalue weighted by Gasteiger charge is 2.30. The number of aryl methyl sites for hydroxylation is 2. The summed E-state index contributed by atoms with van der Waals surface area (Å²) in [5, 5.41) is 10.5. The summed E-state index contributed by atoms with van der Waals surface area (Å²) in [4.78, 5) is 0. The van der Waals surface area contributed by atoms with E-state index in [-0.39, 0.29) is 0 Å². The molecule has 1 aromatic carbocycles. The van der Waals surface area contributed by atoms with E-state index >= 15 is 0 Å². The molecule has 1 aliphatic rings. The predicted molar refractivity (Wildman–Crippen MR) is 64.6 cm³/mol. The highest BCUT2D eigenvalue weighted by molar-refractivity contribution is 5.34. The van der Waals surface area contributed by atoms with Crippen LogP contribution in [0.4, 0.5) is 0 Å². The lowest BCUT2D eigenvalue weighted by molar-refractivity contribution is -0.0627. The largest absolute Gasteiger partial charge is 0.389 e. The molecule has 88 valence electrons. The summed E-state index contributed by atoms with van der Waals surface area (Å²) < 4.78 is 5.30. The minimum atomic E-state index is -0.560. The molecule has 2 nitrogen and oxygen atoms in total. The van der Waals surface area contributed by atoms with Gasteiger partial charge in [-0.25, -0.2) is 0 Å². The third-order valence-corrected chi connectivity index (χ3v) is 3.57. The average molecular weight is 220 g/mol. The van der Waals surface area contributed by atoms with E-state index < -0.39 is 5.60 Å². The Labute approximate surface area is 97.3 Å². The van der Waals surface area contributed by atoms with Crippen molar-refractivity contribution >= 4 is 0 Å². The number of rotatable bonds is 2. The lowest BCUT2D eigenvalue weighted by Gasteiger charge is -2.33. The standard InChI is InChI=1S/C14H20O2/c1-11-4-3-5-12(2)13(11)10-14(15)6-8-16-9-7-14/h3-5,15H,6-10H2,1-2H3. The van der Waals surface area contributed by atoms with Crippen LogP contribution in [0, 0.1) is 13.8 Å². The molecule has 1 heterocycles. The lowest BCUT2D eigenvalue weighted by Crippen LogP contribution is -2.38. The lowest BCUT2D eigenvalue weighted by atomic mass is 9.84. The van der Waals surface area contributed by atoms with Gasteiger partial charge in [0.25, 0.3) is 0 Å². The summed E-state index contributed by atoms with van der Waals surface area (Å²) in [6, 6.07) is 6.30. The van der Waals surface area contributed by atoms with Gasteiger partial charge in [-0.05, 0) is 43.4 Å². The van der Waals surface area contributed by atoms with Gasteiger partial charge in [-0.15, -0.1) is 0 Å². The maximum atomic E-state index is 10.5. The minimum absolute atomic E-state index is 0.560. The molecule has 1 N–H and O–H groups in total. The predicted octanol–water partition coefficient (Wildman–Crippen LogP) is 2.39. The van der Waals surface area contributed by atoms with Crippen LogP contribution in [0.2, 0.25) is 0 Å². The number of aliphatic hydroxyl groups is 1. The first-order valence-corrected chi connectivity index (χ1v) is 5.96. The summed E-state index contributed by atoms with van der Waals surface area (Å²) in [5.74, 6) is 0. The second-order valence-electron chi connectivity index (χ2n) is 4.88. The molecule has 1 aliphatic heterocycles. The molecule has 0 unspecified atom stereocenters. The van der Waals surface area contributed by atoms with Gasteiger partial charge in [-0.3, -0.25) is 0 Å². The van der Waals surface area contributed by atoms with Crippen LogP contribution >= 0.6 is 0 Å². The Kier molecular flexibility index (Phi) is 3.31. The van der Waals surface area contributed by atoms with Crippen molar-refractivity contribution in [2.24, 2.45) is 0 Å². The molecular formula is C14H20O2. The van der Waals surface area contributed by atoms with E-state index in [4.69, 9.17) is 4.74 Å². The van der Waals surface area contributed by atoms with Crippen LogP contribution in [0.1, 0.15) is 29.5 Å². The molecule has 1 fully saturated rings. The van der Waals surface area contributed by atoms with Crippen molar-refractivity contribution in [3.05, 3.63) is 34.9 Å². The fourth-order valence-corrected chi connectivity index (χ4v) is 2.39. The van der Waals surface area contributed by atoms with Gasteiger partial charge < -0.3 is 9.84 Å². The van der Waals surface area contributed by atoms with Gasteiger partial charge in [0.2, 0.25) is 0 Å². The topological polar surface area (TPSA) is 29.5 Å². The van der Waals surface area contributed by atoms with E-state index in [0.717, 1.165) is 19.3 Å². The van der Waals surface area contributed by atoms with Gasteiger partial charge >= 0.3 is 0 Å². The van der Waals surface area contributed by atoms with Crippen molar-refractivity contribution < 1.29 is 9.84 Å². The quantitative estimate of drug-likeness (QED) is 0.829. The van der Waals surface area contributed by atoms with Crippen molar-refractivity contribution in [2.75, 3.05) is 13.2 Å². The SMILES string of the molecule is Cc1cccc(C)c1CC1(O)CCOCC1. The summed E-state index contributed by atoms with van der Waals surface area (Å²) in [6.07, 6.45) is 2.26. The maximum absolute atomic E-state index is 10.5. The van der Waals surface area contributed by atoms with E-state index in [0.29, 0.717) is 13.2 Å². The molecule has 0 radical (unpaired) electrons. The summed E-state index contributed by atoms with van der Waals surface area (Å²) in [5.41, 5.74) is 3.29. The van der Waals surface area contributed by atoms with E-state index in [1.54, 1.807) is 0 Å². The second kappa shape index (κ2) is 4.56. The van der Waals surface area contributed by atoms with Crippen LogP contribution < -0.4 is 0 Å². The zero-order valence-electron chi connectivity index (χ0n) is 10.1. The third-order valence-electron chi connectivity index (χ3n) is 3.57. The van der Waals surface area contributed by atoms with Gasteiger partial charge in [0, 0.05) is 19.6 Å². The molecule has 2 rings (SSSR count). The van der Waals surface area contributed by atoms with Crippen LogP contribution in [-0.4, -0.2) is 23.9 Å². The molecule has 0 spiro atoms. The molecule has 1 aromatic rings. The number of ether oxygens (including phenoxy) is 1. The van der Waals surface area contributed by atoms with Gasteiger partial charge in [-0.2, -0.15) is 0 Å². The fourth-order valence-electron chi connectivity index (χ4n) is 2.39. The number of hydrogen-bond donors (Lipinski definition) is 1. The van der Waals surface area contributed by atoms with E-state index in [9.17, 15) is 5.11 Å². The average Bonchev–Trinajstić information content (AvgIpc) is 2.25. The smallest absolute Gasteiger partial charge is 0.0732 e. The highest BCUT2D eigenvalue weighted by atomic mass is 16.5. The number of hydrogen-bond acceptors (Lipinski definition) is 2. The molecule has 1 saturated heterocycles. The van der Waals surface area contributed by atoms with Crippen molar-refractivity contribution in [1.82, 2.24) is 0 Å². The zero-order valence-corrected chi connectivity index (χ0v) is 10.1. The maximum Gasteiger partial charge on any atom is 0.0732 e. The molecule has 0 bridgehead atoms. The molecule has 2 heteroatoms. The minimum Gasteiger partial charge on any atom is -0.389 e. The van der Waals surface area contributed by atoms with Crippen LogP contribution in [0.15, 0.2) is 18.2 Å². The number of benzene rings is 1. The first kappa shape index (κ1) is 11.6. The summed E-state index contributed by atoms with van der Waals surface area (Å²) in [7, 11) is 0. The Morgan fingerprint density at radius 2 is 1.75 bits per heavy atom. The van der Waals surface area contributed by atoms with Crippen LogP contribution in [0.25, 0.3) is 0 Å². The molecular weight excluding hydrogens is 200 g/mol. The Morgan fingerprint density at radius 3 is 2.31 bits per heavy atom. The van der Waals surface area contributed by atoms with Crippen molar-refractivity contribution in [2.45, 2.75) is 38.7 Å². The van der Waals surface area contributed by atoms with Gasteiger partial charge in [0.05, 0.1) is 5.60 Å². The first-order chi connectivity index (χ1) is 7.61. The zero-order chi connectivity index (χ0) is 11.6. The van der Waals surface area contributed by atoms with Crippen LogP contribution in [-0.2, 0) is 11.2 Å². The van der Waals surface area contributed by atoms with Crippen molar-refractivity contribution in [3.63, 3.8) is 0 Å². The van der Waals surface area contributed by atoms with E-state index in [2.05, 4.69) is 32.0 Å². The molecule has 0 aliphatic carbocycles. The van der Waals surface area contributed by atoms with Gasteiger partial charge in [0.15, 0.2) is 0 Å². The molecule has 0 amide bonds. The van der Waals surface area contributed by atoms with E-state index in [1.165, 1.54) is 16.7 Å². The van der Waals surface area contributed by atoms with Crippen LogP contribution in [0.5, 0.6) is 0 Å². The Balaban J connectivity index is 2.19. The van der Waals surface area contributed by atoms with Crippen molar-refractivity contribution in [1.29, 1.82) is 0 Å². The van der Waals surface area contributed by atoms with Crippen molar-refractivity contribution in [3.8, 4) is 0 Å². The van der Waals surface area contributed by atoms with E-state index in [1.807, 2.05) is 0 Å². The second-order valence-corrected chi connectivity index (χ2v) is 4.88. The molecule has 0 saturated carbocycles. The molecule has 16 heavy (non-hydrogen) atoms. The Morgan fingerprint density at radius 1 is 1.19 bits per heavy atom. The van der Waals surface area contributed by atoms with Crippen LogP contribution in [0.3, 0.4) is 0 Å². The van der Waals surface area contributed by atoms with Gasteiger partial charge in [-0.1, -0.05) is 18.2 Å². The fraction of sp³-hybridized carbons (Fsp3) is 0.571.